The van der Waals surface area contributed by atoms with Crippen LogP contribution in [0.4, 0.5) is 0 Å². The first kappa shape index (κ1) is 12.8. The van der Waals surface area contributed by atoms with Crippen molar-refractivity contribution in [3.63, 3.8) is 0 Å². The van der Waals surface area contributed by atoms with E-state index in [0.29, 0.717) is 11.8 Å². The summed E-state index contributed by atoms with van der Waals surface area (Å²) in [5, 5.41) is 3.30. The first-order valence-corrected chi connectivity index (χ1v) is 6.74. The monoisotopic (exact) mass is 240 g/mol. The summed E-state index contributed by atoms with van der Waals surface area (Å²) in [6.07, 6.45) is 3.42. The van der Waals surface area contributed by atoms with Crippen molar-refractivity contribution in [2.45, 2.75) is 32.2 Å². The van der Waals surface area contributed by atoms with Crippen LogP contribution in [0.5, 0.6) is 0 Å². The van der Waals surface area contributed by atoms with Crippen molar-refractivity contribution in [1.29, 1.82) is 0 Å². The van der Waals surface area contributed by atoms with Crippen LogP contribution in [0.1, 0.15) is 26.2 Å². The Morgan fingerprint density at radius 3 is 2.88 bits per heavy atom. The highest BCUT2D eigenvalue weighted by Gasteiger charge is 2.32. The quantitative estimate of drug-likeness (QED) is 0.796. The summed E-state index contributed by atoms with van der Waals surface area (Å²) >= 11 is 0. The molecule has 0 spiro atoms. The zero-order valence-electron chi connectivity index (χ0n) is 10.9. The molecule has 0 aromatic heterocycles. The van der Waals surface area contributed by atoms with Crippen molar-refractivity contribution in [1.82, 2.24) is 10.2 Å². The molecule has 0 aromatic rings. The second-order valence-electron chi connectivity index (χ2n) is 5.50. The van der Waals surface area contributed by atoms with Gasteiger partial charge >= 0.3 is 0 Å². The Kier molecular flexibility index (Phi) is 4.40. The molecule has 1 N–H and O–H groups in total. The van der Waals surface area contributed by atoms with E-state index in [1.165, 1.54) is 6.42 Å². The average molecular weight is 240 g/mol. The standard InChI is InChI=1S/C13H24N2O2/c1-10-5-6-14-12(10)13(16)15(2)8-11-4-3-7-17-9-11/h10-12,14H,3-9H2,1-2H3. The minimum absolute atomic E-state index is 0.0320. The van der Waals surface area contributed by atoms with E-state index in [0.717, 1.165) is 39.1 Å². The van der Waals surface area contributed by atoms with Crippen LogP contribution in [0.3, 0.4) is 0 Å². The predicted molar refractivity (Wildman–Crippen MR) is 66.8 cm³/mol. The molecule has 0 radical (unpaired) electrons. The van der Waals surface area contributed by atoms with Crippen molar-refractivity contribution in [3.05, 3.63) is 0 Å². The van der Waals surface area contributed by atoms with Gasteiger partial charge < -0.3 is 15.0 Å². The highest BCUT2D eigenvalue weighted by molar-refractivity contribution is 5.82. The Labute approximate surface area is 104 Å². The number of hydrogen-bond donors (Lipinski definition) is 1. The van der Waals surface area contributed by atoms with Gasteiger partial charge in [-0.15, -0.1) is 0 Å². The maximum atomic E-state index is 12.3. The lowest BCUT2D eigenvalue weighted by atomic mass is 9.99. The first-order chi connectivity index (χ1) is 8.18. The Hall–Kier alpha value is -0.610. The summed E-state index contributed by atoms with van der Waals surface area (Å²) in [5.41, 5.74) is 0. The molecule has 98 valence electrons. The number of amides is 1. The maximum Gasteiger partial charge on any atom is 0.239 e. The number of rotatable bonds is 3. The average Bonchev–Trinajstić information content (AvgIpc) is 2.76. The lowest BCUT2D eigenvalue weighted by Gasteiger charge is -2.29. The van der Waals surface area contributed by atoms with Crippen LogP contribution < -0.4 is 5.32 Å². The van der Waals surface area contributed by atoms with Gasteiger partial charge in [-0.1, -0.05) is 6.92 Å². The van der Waals surface area contributed by atoms with E-state index < -0.39 is 0 Å². The Morgan fingerprint density at radius 1 is 1.47 bits per heavy atom. The van der Waals surface area contributed by atoms with Crippen molar-refractivity contribution >= 4 is 5.91 Å². The van der Waals surface area contributed by atoms with Gasteiger partial charge in [-0.25, -0.2) is 0 Å². The SMILES string of the molecule is CC1CCNC1C(=O)N(C)CC1CCCOC1. The molecule has 4 nitrogen and oxygen atoms in total. The lowest BCUT2D eigenvalue weighted by molar-refractivity contribution is -0.133. The third-order valence-electron chi connectivity index (χ3n) is 3.96. The van der Waals surface area contributed by atoms with Gasteiger partial charge in [0, 0.05) is 20.2 Å². The smallest absolute Gasteiger partial charge is 0.239 e. The van der Waals surface area contributed by atoms with Crippen molar-refractivity contribution < 1.29 is 9.53 Å². The van der Waals surface area contributed by atoms with Gasteiger partial charge in [0.15, 0.2) is 0 Å². The number of ether oxygens (including phenoxy) is 1. The van der Waals surface area contributed by atoms with Gasteiger partial charge in [0.1, 0.15) is 0 Å². The Morgan fingerprint density at radius 2 is 2.29 bits per heavy atom. The van der Waals surface area contributed by atoms with Gasteiger partial charge in [-0.2, -0.15) is 0 Å². The molecule has 0 saturated carbocycles. The lowest BCUT2D eigenvalue weighted by Crippen LogP contribution is -2.46. The van der Waals surface area contributed by atoms with Crippen molar-refractivity contribution in [2.24, 2.45) is 11.8 Å². The van der Waals surface area contributed by atoms with Gasteiger partial charge in [0.05, 0.1) is 12.6 Å². The molecule has 4 heteroatoms. The fraction of sp³-hybridized carbons (Fsp3) is 0.923. The zero-order chi connectivity index (χ0) is 12.3. The number of carbonyl (C=O) groups is 1. The summed E-state index contributed by atoms with van der Waals surface area (Å²) in [6.45, 7) is 5.66. The molecule has 2 heterocycles. The molecule has 17 heavy (non-hydrogen) atoms. The minimum Gasteiger partial charge on any atom is -0.381 e. The fourth-order valence-corrected chi connectivity index (χ4v) is 2.83. The van der Waals surface area contributed by atoms with Crippen LogP contribution in [0.25, 0.3) is 0 Å². The van der Waals surface area contributed by atoms with Gasteiger partial charge in [0.25, 0.3) is 0 Å². The van der Waals surface area contributed by atoms with Crippen molar-refractivity contribution in [3.8, 4) is 0 Å². The van der Waals surface area contributed by atoms with Gasteiger partial charge in [-0.05, 0) is 37.6 Å². The fourth-order valence-electron chi connectivity index (χ4n) is 2.83. The molecular formula is C13H24N2O2. The van der Waals surface area contributed by atoms with E-state index in [4.69, 9.17) is 4.74 Å². The normalized spacial score (nSPS) is 33.6. The maximum absolute atomic E-state index is 12.3. The minimum atomic E-state index is 0.0320. The molecule has 2 fully saturated rings. The zero-order valence-corrected chi connectivity index (χ0v) is 10.9. The highest BCUT2D eigenvalue weighted by Crippen LogP contribution is 2.18. The number of hydrogen-bond acceptors (Lipinski definition) is 3. The third-order valence-corrected chi connectivity index (χ3v) is 3.96. The summed E-state index contributed by atoms with van der Waals surface area (Å²) < 4.78 is 5.46. The van der Waals surface area contributed by atoms with Crippen LogP contribution in [0.2, 0.25) is 0 Å². The van der Waals surface area contributed by atoms with Crippen LogP contribution in [0, 0.1) is 11.8 Å². The molecule has 2 saturated heterocycles. The van der Waals surface area contributed by atoms with Crippen LogP contribution >= 0.6 is 0 Å². The summed E-state index contributed by atoms with van der Waals surface area (Å²) in [6, 6.07) is 0.0320. The predicted octanol–water partition coefficient (Wildman–Crippen LogP) is 0.869. The molecule has 3 unspecified atom stereocenters. The molecule has 1 amide bonds. The third kappa shape index (κ3) is 3.19. The Balaban J connectivity index is 1.81. The highest BCUT2D eigenvalue weighted by atomic mass is 16.5. The molecule has 2 aliphatic heterocycles. The molecule has 0 aliphatic carbocycles. The number of nitrogens with zero attached hydrogens (tertiary/aromatic N) is 1. The summed E-state index contributed by atoms with van der Waals surface area (Å²) in [4.78, 5) is 14.1. The van der Waals surface area contributed by atoms with Crippen LogP contribution in [-0.2, 0) is 9.53 Å². The number of carbonyl (C=O) groups excluding carboxylic acids is 1. The Bertz CT molecular complexity index is 264. The van der Waals surface area contributed by atoms with Crippen LogP contribution in [0.15, 0.2) is 0 Å². The molecular weight excluding hydrogens is 216 g/mol. The number of nitrogens with one attached hydrogen (secondary N) is 1. The summed E-state index contributed by atoms with van der Waals surface area (Å²) in [7, 11) is 1.92. The van der Waals surface area contributed by atoms with Gasteiger partial charge in [0.2, 0.25) is 5.91 Å². The summed E-state index contributed by atoms with van der Waals surface area (Å²) in [5.74, 6) is 1.24. The second kappa shape index (κ2) is 5.83. The van der Waals surface area contributed by atoms with Gasteiger partial charge in [-0.3, -0.25) is 4.79 Å². The molecule has 0 bridgehead atoms. The first-order valence-electron chi connectivity index (χ1n) is 6.74. The van der Waals surface area contributed by atoms with E-state index in [2.05, 4.69) is 12.2 Å². The molecule has 0 aromatic carbocycles. The van der Waals surface area contributed by atoms with E-state index in [1.54, 1.807) is 0 Å². The molecule has 3 atom stereocenters. The molecule has 2 aliphatic rings. The van der Waals surface area contributed by atoms with Crippen molar-refractivity contribution in [2.75, 3.05) is 33.4 Å². The largest absolute Gasteiger partial charge is 0.381 e. The molecule has 2 rings (SSSR count). The topological polar surface area (TPSA) is 41.6 Å². The van der Waals surface area contributed by atoms with E-state index in [1.807, 2.05) is 11.9 Å². The van der Waals surface area contributed by atoms with E-state index in [-0.39, 0.29) is 11.9 Å². The van der Waals surface area contributed by atoms with E-state index >= 15 is 0 Å². The second-order valence-corrected chi connectivity index (χ2v) is 5.50. The van der Waals surface area contributed by atoms with E-state index in [9.17, 15) is 4.79 Å². The van der Waals surface area contributed by atoms with Crippen LogP contribution in [-0.4, -0.2) is 50.2 Å². The number of likely N-dealkylation sites (N-methyl/N-ethyl adjacent to an activating group) is 1.